The minimum atomic E-state index is -4.17. The van der Waals surface area contributed by atoms with Crippen LogP contribution in [-0.4, -0.2) is 64.5 Å². The van der Waals surface area contributed by atoms with Crippen molar-refractivity contribution >= 4 is 25.7 Å². The molecule has 0 spiro atoms. The third kappa shape index (κ3) is 4.11. The Kier molecular flexibility index (Phi) is 4.43. The molecule has 116 valence electrons. The summed E-state index contributed by atoms with van der Waals surface area (Å²) in [5.74, 6) is 0.391. The number of fused-ring (bicyclic) bond motifs is 1. The van der Waals surface area contributed by atoms with Crippen LogP contribution in [0.2, 0.25) is 0 Å². The molecule has 0 aromatic carbocycles. The highest BCUT2D eigenvalue weighted by Crippen LogP contribution is 2.33. The van der Waals surface area contributed by atoms with Gasteiger partial charge in [0.25, 0.3) is 0 Å². The van der Waals surface area contributed by atoms with Gasteiger partial charge in [-0.25, -0.2) is 4.99 Å². The van der Waals surface area contributed by atoms with Gasteiger partial charge in [-0.1, -0.05) is 6.58 Å². The van der Waals surface area contributed by atoms with E-state index >= 15 is 0 Å². The van der Waals surface area contributed by atoms with Crippen LogP contribution < -0.4 is 11.5 Å². The maximum Gasteiger partial charge on any atom is 0.350 e. The number of hydrogen-bond acceptors (Lipinski definition) is 8. The van der Waals surface area contributed by atoms with Crippen LogP contribution in [-0.2, 0) is 9.30 Å². The lowest BCUT2D eigenvalue weighted by atomic mass is 10.2. The zero-order valence-electron chi connectivity index (χ0n) is 11.2. The first-order valence-corrected chi connectivity index (χ1v) is 7.81. The zero-order valence-corrected chi connectivity index (χ0v) is 12.1. The van der Waals surface area contributed by atoms with Crippen molar-refractivity contribution in [2.24, 2.45) is 26.4 Å². The Morgan fingerprint density at radius 3 is 2.90 bits per heavy atom. The lowest BCUT2D eigenvalue weighted by Gasteiger charge is -2.27. The first-order chi connectivity index (χ1) is 9.76. The van der Waals surface area contributed by atoms with Crippen molar-refractivity contribution in [3.63, 3.8) is 0 Å². The molecule has 0 aliphatic carbocycles. The van der Waals surface area contributed by atoms with Crippen molar-refractivity contribution in [2.75, 3.05) is 19.5 Å². The number of rotatable bonds is 6. The van der Waals surface area contributed by atoms with E-state index in [1.807, 2.05) is 0 Å². The normalized spacial score (nSPS) is 24.6. The van der Waals surface area contributed by atoms with Gasteiger partial charge < -0.3 is 30.9 Å². The summed E-state index contributed by atoms with van der Waals surface area (Å²) >= 11 is 0. The van der Waals surface area contributed by atoms with Crippen molar-refractivity contribution < 1.29 is 19.1 Å². The highest BCUT2D eigenvalue weighted by atomic mass is 31.2. The van der Waals surface area contributed by atoms with E-state index in [0.29, 0.717) is 18.0 Å². The number of nitrogens with zero attached hydrogens (tertiary/aromatic N) is 4. The van der Waals surface area contributed by atoms with E-state index in [4.69, 9.17) is 26.0 Å². The van der Waals surface area contributed by atoms with E-state index in [2.05, 4.69) is 21.6 Å². The Morgan fingerprint density at radius 2 is 2.24 bits per heavy atom. The van der Waals surface area contributed by atoms with Crippen LogP contribution in [0.25, 0.3) is 0 Å². The highest BCUT2D eigenvalue weighted by molar-refractivity contribution is 7.51. The predicted molar refractivity (Wildman–Crippen MR) is 78.0 cm³/mol. The summed E-state index contributed by atoms with van der Waals surface area (Å²) in [4.78, 5) is 31.4. The Balaban J connectivity index is 1.87. The number of hydrogen-bond donors (Lipinski definition) is 4. The van der Waals surface area contributed by atoms with Crippen molar-refractivity contribution in [3.8, 4) is 0 Å². The predicted octanol–water partition coefficient (Wildman–Crippen LogP) is -1.58. The van der Waals surface area contributed by atoms with Crippen LogP contribution in [0, 0.1) is 0 Å². The van der Waals surface area contributed by atoms with Crippen LogP contribution in [0.15, 0.2) is 27.1 Å². The fraction of sp³-hybridized carbons (Fsp3) is 0.500. The van der Waals surface area contributed by atoms with Gasteiger partial charge in [-0.15, -0.1) is 0 Å². The standard InChI is InChI=1S/C10H17N6O4P/c1-6(3-20-5-21(17,18)19)2-16-4-13-7-8(11)14-10(12)15-9(7)16/h4,7,9H,1-3,5H2,(H2,17,18,19)(H4,11,12,14,15). The van der Waals surface area contributed by atoms with Crippen molar-refractivity contribution in [3.05, 3.63) is 12.2 Å². The molecule has 2 aliphatic rings. The molecular weight excluding hydrogens is 299 g/mol. The molecule has 2 atom stereocenters. The molecule has 0 amide bonds. The third-order valence-electron chi connectivity index (χ3n) is 2.78. The van der Waals surface area contributed by atoms with Gasteiger partial charge in [0.2, 0.25) is 5.96 Å². The lowest BCUT2D eigenvalue weighted by molar-refractivity contribution is 0.173. The topological polar surface area (TPSA) is 159 Å². The van der Waals surface area contributed by atoms with Gasteiger partial charge in [-0.05, 0) is 5.57 Å². The molecule has 10 nitrogen and oxygen atoms in total. The van der Waals surface area contributed by atoms with E-state index in [1.54, 1.807) is 11.2 Å². The summed E-state index contributed by atoms with van der Waals surface area (Å²) in [6.07, 6.45) is 0.561. The average Bonchev–Trinajstić information content (AvgIpc) is 2.71. The third-order valence-corrected chi connectivity index (χ3v) is 3.30. The Hall–Kier alpha value is -1.74. The molecule has 0 aromatic rings. The Morgan fingerprint density at radius 1 is 1.52 bits per heavy atom. The molecule has 2 unspecified atom stereocenters. The van der Waals surface area contributed by atoms with E-state index in [-0.39, 0.29) is 24.8 Å². The summed E-state index contributed by atoms with van der Waals surface area (Å²) in [6, 6.07) is -0.374. The number of aliphatic imine (C=N–C) groups is 3. The molecule has 2 aliphatic heterocycles. The first-order valence-electron chi connectivity index (χ1n) is 6.01. The fourth-order valence-electron chi connectivity index (χ4n) is 1.97. The van der Waals surface area contributed by atoms with Crippen LogP contribution in [0.4, 0.5) is 0 Å². The van der Waals surface area contributed by atoms with E-state index < -0.39 is 13.9 Å². The number of amidine groups is 1. The zero-order chi connectivity index (χ0) is 15.6. The summed E-state index contributed by atoms with van der Waals surface area (Å²) in [5, 5.41) is 0. The highest BCUT2D eigenvalue weighted by Gasteiger charge is 2.36. The SMILES string of the molecule is C=C(COCP(=O)(O)O)CN1C=NC2C(N)=NC(N)=NC21. The van der Waals surface area contributed by atoms with Gasteiger partial charge in [-0.3, -0.25) is 9.56 Å². The molecule has 21 heavy (non-hydrogen) atoms. The number of nitrogens with two attached hydrogens (primary N) is 2. The van der Waals surface area contributed by atoms with Gasteiger partial charge in [-0.2, -0.15) is 4.99 Å². The molecule has 2 rings (SSSR count). The molecule has 11 heteroatoms. The minimum absolute atomic E-state index is 0.0234. The smallest absolute Gasteiger partial charge is 0.350 e. The molecular formula is C10H17N6O4P. The molecule has 2 heterocycles. The molecule has 0 aromatic heterocycles. The Bertz CT molecular complexity index is 568. The second-order valence-corrected chi connectivity index (χ2v) is 6.30. The van der Waals surface area contributed by atoms with Gasteiger partial charge in [0.15, 0.2) is 6.17 Å². The maximum atomic E-state index is 10.7. The van der Waals surface area contributed by atoms with Crippen molar-refractivity contribution in [2.45, 2.75) is 12.2 Å². The van der Waals surface area contributed by atoms with E-state index in [0.717, 1.165) is 0 Å². The summed E-state index contributed by atoms with van der Waals surface area (Å²) < 4.78 is 15.6. The van der Waals surface area contributed by atoms with E-state index in [9.17, 15) is 4.57 Å². The average molecular weight is 316 g/mol. The van der Waals surface area contributed by atoms with Crippen LogP contribution in [0.3, 0.4) is 0 Å². The number of ether oxygens (including phenoxy) is 1. The molecule has 0 saturated heterocycles. The first kappa shape index (κ1) is 15.6. The lowest BCUT2D eigenvalue weighted by Crippen LogP contribution is -2.46. The monoisotopic (exact) mass is 316 g/mol. The van der Waals surface area contributed by atoms with Crippen molar-refractivity contribution in [1.82, 2.24) is 4.90 Å². The van der Waals surface area contributed by atoms with E-state index in [1.165, 1.54) is 0 Å². The molecule has 0 radical (unpaired) electrons. The van der Waals surface area contributed by atoms with Gasteiger partial charge >= 0.3 is 7.60 Å². The second-order valence-electron chi connectivity index (χ2n) is 4.71. The van der Waals surface area contributed by atoms with Gasteiger partial charge in [0, 0.05) is 6.54 Å². The summed E-state index contributed by atoms with van der Waals surface area (Å²) in [6.45, 7) is 4.17. The van der Waals surface area contributed by atoms with Crippen LogP contribution >= 0.6 is 7.60 Å². The quantitative estimate of drug-likeness (QED) is 0.340. The maximum absolute atomic E-state index is 10.7. The van der Waals surface area contributed by atoms with Gasteiger partial charge in [0.05, 0.1) is 12.9 Å². The summed E-state index contributed by atoms with van der Waals surface area (Å²) in [5.41, 5.74) is 11.9. The second kappa shape index (κ2) is 5.94. The minimum Gasteiger partial charge on any atom is -0.385 e. The van der Waals surface area contributed by atoms with Crippen molar-refractivity contribution in [1.29, 1.82) is 0 Å². The Labute approximate surface area is 121 Å². The molecule has 0 fully saturated rings. The molecule has 6 N–H and O–H groups in total. The molecule has 0 saturated carbocycles. The number of guanidine groups is 1. The van der Waals surface area contributed by atoms with Crippen LogP contribution in [0.1, 0.15) is 0 Å². The van der Waals surface area contributed by atoms with Gasteiger partial charge in [0.1, 0.15) is 18.2 Å². The fourth-order valence-corrected chi connectivity index (χ4v) is 2.30. The van der Waals surface area contributed by atoms with Crippen LogP contribution in [0.5, 0.6) is 0 Å². The summed E-state index contributed by atoms with van der Waals surface area (Å²) in [7, 11) is -4.17. The largest absolute Gasteiger partial charge is 0.385 e. The molecule has 0 bridgehead atoms.